The summed E-state index contributed by atoms with van der Waals surface area (Å²) in [6, 6.07) is 7.09. The zero-order valence-electron chi connectivity index (χ0n) is 14.9. The van der Waals surface area contributed by atoms with Gasteiger partial charge >= 0.3 is 0 Å². The molecule has 0 saturated carbocycles. The van der Waals surface area contributed by atoms with Crippen LogP contribution in [-0.2, 0) is 11.3 Å². The highest BCUT2D eigenvalue weighted by atomic mass is 16.5. The maximum absolute atomic E-state index is 12.4. The fourth-order valence-corrected chi connectivity index (χ4v) is 3.35. The molecular formula is C19H19N3O5. The van der Waals surface area contributed by atoms with Crippen molar-refractivity contribution in [3.63, 3.8) is 0 Å². The van der Waals surface area contributed by atoms with E-state index in [-0.39, 0.29) is 24.0 Å². The van der Waals surface area contributed by atoms with E-state index in [1.807, 2.05) is 12.1 Å². The van der Waals surface area contributed by atoms with Gasteiger partial charge in [-0.3, -0.25) is 4.79 Å². The molecule has 0 unspecified atom stereocenters. The van der Waals surface area contributed by atoms with Crippen LogP contribution in [-0.4, -0.2) is 35.0 Å². The molecule has 0 radical (unpaired) electrons. The molecule has 4 rings (SSSR count). The Hall–Kier alpha value is -3.42. The molecule has 0 fully saturated rings. The number of hydrogen-bond acceptors (Lipinski definition) is 6. The van der Waals surface area contributed by atoms with Gasteiger partial charge in [-0.1, -0.05) is 0 Å². The summed E-state index contributed by atoms with van der Waals surface area (Å²) in [5.41, 5.74) is 1.69. The molecule has 3 heterocycles. The molecule has 0 spiro atoms. The summed E-state index contributed by atoms with van der Waals surface area (Å²) in [6.45, 7) is 0.414. The van der Waals surface area contributed by atoms with E-state index in [0.29, 0.717) is 23.9 Å². The van der Waals surface area contributed by atoms with E-state index >= 15 is 0 Å². The highest BCUT2D eigenvalue weighted by Crippen LogP contribution is 2.44. The van der Waals surface area contributed by atoms with Gasteiger partial charge in [-0.25, -0.2) is 4.68 Å². The molecule has 1 atom stereocenters. The van der Waals surface area contributed by atoms with Gasteiger partial charge in [-0.05, 0) is 29.8 Å². The number of methoxy groups -OCH3 is 2. The summed E-state index contributed by atoms with van der Waals surface area (Å²) < 4.78 is 17.6. The van der Waals surface area contributed by atoms with Crippen molar-refractivity contribution >= 4 is 11.7 Å². The predicted octanol–water partition coefficient (Wildman–Crippen LogP) is 2.72. The fraction of sp³-hybridized carbons (Fsp3) is 0.263. The third-order valence-electron chi connectivity index (χ3n) is 4.68. The highest BCUT2D eigenvalue weighted by molar-refractivity contribution is 5.94. The number of phenols is 1. The molecule has 1 aromatic carbocycles. The molecule has 2 aromatic heterocycles. The number of aromatic hydroxyl groups is 1. The number of furan rings is 1. The number of hydrogen-bond donors (Lipinski definition) is 2. The number of aromatic nitrogens is 2. The molecule has 8 nitrogen and oxygen atoms in total. The molecule has 8 heteroatoms. The van der Waals surface area contributed by atoms with E-state index in [0.717, 1.165) is 16.9 Å². The molecule has 1 aliphatic rings. The summed E-state index contributed by atoms with van der Waals surface area (Å²) in [7, 11) is 2.94. The number of ether oxygens (including phenoxy) is 2. The smallest absolute Gasteiger partial charge is 0.226 e. The number of anilines is 1. The van der Waals surface area contributed by atoms with E-state index in [4.69, 9.17) is 13.9 Å². The fourth-order valence-electron chi connectivity index (χ4n) is 3.35. The van der Waals surface area contributed by atoms with Crippen LogP contribution in [0.2, 0.25) is 0 Å². The van der Waals surface area contributed by atoms with Crippen LogP contribution in [0.5, 0.6) is 17.2 Å². The van der Waals surface area contributed by atoms with E-state index in [2.05, 4.69) is 10.4 Å². The second-order valence-electron chi connectivity index (χ2n) is 6.26. The lowest BCUT2D eigenvalue weighted by atomic mass is 9.87. The SMILES string of the molecule is COc1cc([C@H]2CC(=O)Nc3c2cnn3Cc2ccco2)cc(OC)c1O. The van der Waals surface area contributed by atoms with Crippen molar-refractivity contribution in [2.24, 2.45) is 0 Å². The average molecular weight is 369 g/mol. The van der Waals surface area contributed by atoms with Crippen molar-refractivity contribution in [1.29, 1.82) is 0 Å². The first kappa shape index (κ1) is 17.0. The molecular weight excluding hydrogens is 350 g/mol. The third-order valence-corrected chi connectivity index (χ3v) is 4.68. The van der Waals surface area contributed by atoms with Crippen molar-refractivity contribution in [2.75, 3.05) is 19.5 Å². The Morgan fingerprint density at radius 1 is 1.33 bits per heavy atom. The molecule has 140 valence electrons. The molecule has 2 N–H and O–H groups in total. The van der Waals surface area contributed by atoms with Crippen molar-refractivity contribution in [2.45, 2.75) is 18.9 Å². The number of rotatable bonds is 5. The maximum atomic E-state index is 12.4. The summed E-state index contributed by atoms with van der Waals surface area (Å²) >= 11 is 0. The summed E-state index contributed by atoms with van der Waals surface area (Å²) in [6.07, 6.45) is 3.60. The average Bonchev–Trinajstić information content (AvgIpc) is 3.32. The number of carbonyl (C=O) groups is 1. The molecule has 1 aliphatic heterocycles. The number of nitrogens with zero attached hydrogens (tertiary/aromatic N) is 2. The van der Waals surface area contributed by atoms with Gasteiger partial charge in [0, 0.05) is 17.9 Å². The molecule has 1 amide bonds. The molecule has 0 bridgehead atoms. The molecule has 0 aliphatic carbocycles. The monoisotopic (exact) mass is 369 g/mol. The van der Waals surface area contributed by atoms with Crippen LogP contribution >= 0.6 is 0 Å². The first-order chi connectivity index (χ1) is 13.1. The summed E-state index contributed by atoms with van der Waals surface area (Å²) in [4.78, 5) is 12.4. The predicted molar refractivity (Wildman–Crippen MR) is 96.3 cm³/mol. The Kier molecular flexibility index (Phi) is 4.23. The zero-order valence-corrected chi connectivity index (χ0v) is 14.9. The molecule has 3 aromatic rings. The van der Waals surface area contributed by atoms with Gasteiger partial charge in [0.2, 0.25) is 11.7 Å². The van der Waals surface area contributed by atoms with E-state index in [1.54, 1.807) is 29.3 Å². The van der Waals surface area contributed by atoms with Crippen LogP contribution in [0.3, 0.4) is 0 Å². The minimum atomic E-state index is -0.234. The van der Waals surface area contributed by atoms with Crippen LogP contribution in [0.15, 0.2) is 41.1 Å². The third kappa shape index (κ3) is 2.99. The van der Waals surface area contributed by atoms with Crippen molar-refractivity contribution in [3.05, 3.63) is 53.6 Å². The zero-order chi connectivity index (χ0) is 19.0. The largest absolute Gasteiger partial charge is 0.502 e. The number of carbonyl (C=O) groups excluding carboxylic acids is 1. The topological polar surface area (TPSA) is 98.8 Å². The lowest BCUT2D eigenvalue weighted by Crippen LogP contribution is -2.25. The number of amides is 1. The first-order valence-electron chi connectivity index (χ1n) is 8.43. The Bertz CT molecular complexity index is 952. The van der Waals surface area contributed by atoms with Crippen LogP contribution in [0.1, 0.15) is 29.2 Å². The van der Waals surface area contributed by atoms with Crippen LogP contribution in [0.25, 0.3) is 0 Å². The number of phenolic OH excluding ortho intramolecular Hbond substituents is 1. The van der Waals surface area contributed by atoms with Gasteiger partial charge in [0.05, 0.1) is 26.7 Å². The minimum Gasteiger partial charge on any atom is -0.502 e. The van der Waals surface area contributed by atoms with Crippen molar-refractivity contribution < 1.29 is 23.8 Å². The van der Waals surface area contributed by atoms with Gasteiger partial charge in [0.1, 0.15) is 18.1 Å². The van der Waals surface area contributed by atoms with Gasteiger partial charge in [0.15, 0.2) is 11.5 Å². The van der Waals surface area contributed by atoms with Crippen molar-refractivity contribution in [1.82, 2.24) is 9.78 Å². The molecule has 0 saturated heterocycles. The van der Waals surface area contributed by atoms with E-state index in [1.165, 1.54) is 14.2 Å². The highest BCUT2D eigenvalue weighted by Gasteiger charge is 2.31. The second kappa shape index (κ2) is 6.71. The Balaban J connectivity index is 1.76. The summed E-state index contributed by atoms with van der Waals surface area (Å²) in [5, 5.41) is 17.5. The Morgan fingerprint density at radius 2 is 2.07 bits per heavy atom. The van der Waals surface area contributed by atoms with E-state index in [9.17, 15) is 9.90 Å². The van der Waals surface area contributed by atoms with Gasteiger partial charge in [0.25, 0.3) is 0 Å². The van der Waals surface area contributed by atoms with Crippen LogP contribution in [0.4, 0.5) is 5.82 Å². The van der Waals surface area contributed by atoms with E-state index < -0.39 is 0 Å². The lowest BCUT2D eigenvalue weighted by molar-refractivity contribution is -0.116. The lowest BCUT2D eigenvalue weighted by Gasteiger charge is -2.24. The van der Waals surface area contributed by atoms with Gasteiger partial charge in [-0.15, -0.1) is 0 Å². The van der Waals surface area contributed by atoms with Crippen molar-refractivity contribution in [3.8, 4) is 17.2 Å². The maximum Gasteiger partial charge on any atom is 0.226 e. The Labute approximate surface area is 155 Å². The van der Waals surface area contributed by atoms with Gasteiger partial charge < -0.3 is 24.3 Å². The summed E-state index contributed by atoms with van der Waals surface area (Å²) in [5.74, 6) is 1.54. The normalized spacial score (nSPS) is 15.9. The second-order valence-corrected chi connectivity index (χ2v) is 6.26. The van der Waals surface area contributed by atoms with Crippen LogP contribution in [0, 0.1) is 0 Å². The van der Waals surface area contributed by atoms with Crippen LogP contribution < -0.4 is 14.8 Å². The molecule has 27 heavy (non-hydrogen) atoms. The minimum absolute atomic E-state index is 0.0715. The van der Waals surface area contributed by atoms with Gasteiger partial charge in [-0.2, -0.15) is 5.10 Å². The number of benzene rings is 1. The standard InChI is InChI=1S/C19H19N3O5/c1-25-15-6-11(7-16(26-2)18(15)24)13-8-17(23)21-19-14(13)9-20-22(19)10-12-4-3-5-27-12/h3-7,9,13,24H,8,10H2,1-2H3,(H,21,23)/t13-/m1/s1. The number of fused-ring (bicyclic) bond motifs is 1. The first-order valence-corrected chi connectivity index (χ1v) is 8.43. The number of nitrogens with one attached hydrogen (secondary N) is 1. The quantitative estimate of drug-likeness (QED) is 0.717. The Morgan fingerprint density at radius 3 is 2.70 bits per heavy atom.